The molecule has 0 radical (unpaired) electrons. The molecule has 11 nitrogen and oxygen atoms in total. The van der Waals surface area contributed by atoms with E-state index in [-0.39, 0.29) is 58.6 Å². The van der Waals surface area contributed by atoms with Crippen LogP contribution in [0.25, 0.3) is 0 Å². The minimum Gasteiger partial charge on any atom is -0.469 e. The first-order chi connectivity index (χ1) is 26.5. The summed E-state index contributed by atoms with van der Waals surface area (Å²) in [6, 6.07) is 12.5. The number of rotatable bonds is 12. The van der Waals surface area contributed by atoms with Crippen LogP contribution in [0.2, 0.25) is 15.1 Å². The van der Waals surface area contributed by atoms with Gasteiger partial charge in [0.15, 0.2) is 39.6 Å². The van der Waals surface area contributed by atoms with E-state index >= 15 is 0 Å². The zero-order chi connectivity index (χ0) is 42.6. The maximum Gasteiger partial charge on any atom is 0.411 e. The number of halogens is 6. The molecule has 0 atom stereocenters. The summed E-state index contributed by atoms with van der Waals surface area (Å²) in [6.45, 7) is 2.72. The van der Waals surface area contributed by atoms with Gasteiger partial charge < -0.3 is 9.47 Å². The van der Waals surface area contributed by atoms with Gasteiger partial charge in [-0.25, -0.2) is 13.1 Å². The van der Waals surface area contributed by atoms with Crippen LogP contribution in [-0.2, 0) is 37.8 Å². The summed E-state index contributed by atoms with van der Waals surface area (Å²) in [5.74, 6) is -3.90. The standard InChI is InChI=1S/C22H20Cl2N2O3.C17H16ClF3O6S/c1-12-5-7-15(8-6-12)18(27)11-29-22-19(14(3)25-26(22)4)21(28)16-9-10-17(23)13(2)20(16)24;1-28(25,26)13-6-5-9(15(18)10(13)7-27-8-17(19,20)21)16(24)14-11(22)3-2-4-12(14)23/h5-10H,11H2,1-4H3;5-6,14H,2-4,7-8H2,1H3. The number of hydrogen-bond acceptors (Lipinski definition) is 10. The predicted octanol–water partition coefficient (Wildman–Crippen LogP) is 8.09. The van der Waals surface area contributed by atoms with Crippen molar-refractivity contribution in [2.75, 3.05) is 19.5 Å². The lowest BCUT2D eigenvalue weighted by Crippen LogP contribution is -2.35. The van der Waals surface area contributed by atoms with E-state index in [1.807, 2.05) is 19.1 Å². The molecule has 1 fully saturated rings. The van der Waals surface area contributed by atoms with E-state index in [1.165, 1.54) is 4.68 Å². The molecule has 5 rings (SSSR count). The molecule has 0 bridgehead atoms. The number of sulfone groups is 1. The minimum atomic E-state index is -4.65. The van der Waals surface area contributed by atoms with E-state index in [9.17, 15) is 45.6 Å². The van der Waals surface area contributed by atoms with Crippen molar-refractivity contribution in [2.45, 2.75) is 57.7 Å². The molecule has 3 aromatic carbocycles. The molecule has 1 aliphatic rings. The van der Waals surface area contributed by atoms with E-state index < -0.39 is 62.4 Å². The molecule has 304 valence electrons. The molecule has 0 saturated heterocycles. The fourth-order valence-corrected chi connectivity index (χ4v) is 7.64. The smallest absolute Gasteiger partial charge is 0.411 e. The van der Waals surface area contributed by atoms with Crippen LogP contribution in [0.15, 0.2) is 53.4 Å². The molecule has 1 heterocycles. The van der Waals surface area contributed by atoms with E-state index in [4.69, 9.17) is 39.5 Å². The SMILES string of the molecule is CS(=O)(=O)c1ccc(C(=O)C2C(=O)CCCC2=O)c(Cl)c1COCC(F)(F)F.Cc1ccc(C(=O)COc2c(C(=O)c3ccc(Cl)c(C)c3Cl)c(C)nn2C)cc1. The Balaban J connectivity index is 0.000000253. The normalized spacial score (nSPS) is 13.6. The second-order valence-corrected chi connectivity index (χ2v) is 16.3. The Labute approximate surface area is 341 Å². The van der Waals surface area contributed by atoms with Gasteiger partial charge in [0.25, 0.3) is 0 Å². The first kappa shape index (κ1) is 45.3. The maximum atomic E-state index is 13.2. The van der Waals surface area contributed by atoms with Crippen LogP contribution in [0.1, 0.15) is 78.3 Å². The fourth-order valence-electron chi connectivity index (χ4n) is 5.89. The predicted molar refractivity (Wildman–Crippen MR) is 206 cm³/mol. The van der Waals surface area contributed by atoms with Gasteiger partial charge in [-0.05, 0) is 57.0 Å². The van der Waals surface area contributed by atoms with Crippen molar-refractivity contribution in [3.63, 3.8) is 0 Å². The number of carbonyl (C=O) groups excluding carboxylic acids is 5. The number of nitrogens with zero attached hydrogens (tertiary/aromatic N) is 2. The third-order valence-corrected chi connectivity index (χ3v) is 11.3. The van der Waals surface area contributed by atoms with Gasteiger partial charge in [0.1, 0.15) is 18.1 Å². The van der Waals surface area contributed by atoms with Gasteiger partial charge in [-0.15, -0.1) is 0 Å². The molecule has 1 aromatic heterocycles. The molecule has 18 heteroatoms. The van der Waals surface area contributed by atoms with Crippen LogP contribution in [0.5, 0.6) is 5.88 Å². The van der Waals surface area contributed by atoms with Crippen LogP contribution in [0.4, 0.5) is 13.2 Å². The van der Waals surface area contributed by atoms with E-state index in [0.717, 1.165) is 24.0 Å². The first-order valence-electron chi connectivity index (χ1n) is 17.0. The van der Waals surface area contributed by atoms with E-state index in [2.05, 4.69) is 9.84 Å². The number of ketones is 5. The number of hydrogen-bond donors (Lipinski definition) is 0. The Morgan fingerprint density at radius 1 is 0.895 bits per heavy atom. The highest BCUT2D eigenvalue weighted by atomic mass is 35.5. The molecular weight excluding hydrogens is 836 g/mol. The number of ether oxygens (including phenoxy) is 2. The minimum absolute atomic E-state index is 0.0444. The topological polar surface area (TPSA) is 156 Å². The van der Waals surface area contributed by atoms with Gasteiger partial charge in [-0.3, -0.25) is 24.0 Å². The van der Waals surface area contributed by atoms with Gasteiger partial charge in [-0.1, -0.05) is 64.6 Å². The quantitative estimate of drug-likeness (QED) is 0.101. The third kappa shape index (κ3) is 11.0. The molecule has 57 heavy (non-hydrogen) atoms. The maximum absolute atomic E-state index is 13.2. The van der Waals surface area contributed by atoms with Crippen molar-refractivity contribution in [1.29, 1.82) is 0 Å². The summed E-state index contributed by atoms with van der Waals surface area (Å²) in [4.78, 5) is 61.9. The second kappa shape index (κ2) is 18.5. The van der Waals surface area contributed by atoms with Crippen LogP contribution >= 0.6 is 34.8 Å². The molecule has 1 saturated carbocycles. The average Bonchev–Trinajstić information content (AvgIpc) is 3.41. The van der Waals surface area contributed by atoms with Crippen molar-refractivity contribution in [3.8, 4) is 5.88 Å². The summed E-state index contributed by atoms with van der Waals surface area (Å²) in [5.41, 5.74) is 2.64. The van der Waals surface area contributed by atoms with Crippen LogP contribution < -0.4 is 4.74 Å². The molecule has 0 amide bonds. The number of aromatic nitrogens is 2. The van der Waals surface area contributed by atoms with Gasteiger partial charge in [0.2, 0.25) is 11.7 Å². The summed E-state index contributed by atoms with van der Waals surface area (Å²) in [6.07, 6.45) is -3.40. The van der Waals surface area contributed by atoms with Crippen LogP contribution in [-0.4, -0.2) is 72.8 Å². The Kier molecular flexibility index (Phi) is 14.7. The van der Waals surface area contributed by atoms with E-state index in [1.54, 1.807) is 45.2 Å². The van der Waals surface area contributed by atoms with Crippen molar-refractivity contribution >= 4 is 73.6 Å². The lowest BCUT2D eigenvalue weighted by Gasteiger charge is -2.20. The van der Waals surface area contributed by atoms with Crippen LogP contribution in [0, 0.1) is 26.7 Å². The van der Waals surface area contributed by atoms with Crippen molar-refractivity contribution < 1.29 is 55.0 Å². The molecule has 0 N–H and O–H groups in total. The lowest BCUT2D eigenvalue weighted by atomic mass is 9.81. The summed E-state index contributed by atoms with van der Waals surface area (Å²) in [7, 11) is -2.24. The zero-order valence-corrected chi connectivity index (χ0v) is 34.3. The lowest BCUT2D eigenvalue weighted by molar-refractivity contribution is -0.176. The highest BCUT2D eigenvalue weighted by Crippen LogP contribution is 2.34. The molecule has 4 aromatic rings. The molecular formula is C39H36Cl3F3N2O9S. The first-order valence-corrected chi connectivity index (χ1v) is 20.1. The molecule has 0 spiro atoms. The number of Topliss-reactive ketones (excluding diaryl/α,β-unsaturated/α-hetero) is 4. The number of carbonyl (C=O) groups is 5. The van der Waals surface area contributed by atoms with Gasteiger partial charge in [-0.2, -0.15) is 18.3 Å². The highest BCUT2D eigenvalue weighted by molar-refractivity contribution is 7.90. The summed E-state index contributed by atoms with van der Waals surface area (Å²) < 4.78 is 72.5. The second-order valence-electron chi connectivity index (χ2n) is 13.2. The van der Waals surface area contributed by atoms with Crippen molar-refractivity contribution in [2.24, 2.45) is 13.0 Å². The number of aryl methyl sites for hydroxylation is 3. The Morgan fingerprint density at radius 3 is 2.07 bits per heavy atom. The van der Waals surface area contributed by atoms with E-state index in [0.29, 0.717) is 33.8 Å². The van der Waals surface area contributed by atoms with Gasteiger partial charge in [0.05, 0.1) is 27.2 Å². The number of alkyl halides is 3. The van der Waals surface area contributed by atoms with Gasteiger partial charge in [0, 0.05) is 53.4 Å². The van der Waals surface area contributed by atoms with Crippen LogP contribution in [0.3, 0.4) is 0 Å². The molecule has 1 aliphatic carbocycles. The summed E-state index contributed by atoms with van der Waals surface area (Å²) >= 11 is 18.5. The zero-order valence-electron chi connectivity index (χ0n) is 31.2. The summed E-state index contributed by atoms with van der Waals surface area (Å²) in [5, 5.41) is 4.59. The highest BCUT2D eigenvalue weighted by Gasteiger charge is 2.38. The van der Waals surface area contributed by atoms with Crippen molar-refractivity contribution in [1.82, 2.24) is 9.78 Å². The number of benzene rings is 3. The third-order valence-electron chi connectivity index (χ3n) is 8.80. The largest absolute Gasteiger partial charge is 0.469 e. The fraction of sp³-hybridized carbons (Fsp3) is 0.333. The monoisotopic (exact) mass is 870 g/mol. The molecule has 0 aliphatic heterocycles. The van der Waals surface area contributed by atoms with Crippen molar-refractivity contribution in [3.05, 3.63) is 108 Å². The average molecular weight is 872 g/mol. The molecule has 0 unspecified atom stereocenters. The Bertz CT molecular complexity index is 2340. The Morgan fingerprint density at radius 2 is 1.49 bits per heavy atom. The van der Waals surface area contributed by atoms with Gasteiger partial charge >= 0.3 is 6.18 Å². The Hall–Kier alpha value is -4.41.